The van der Waals surface area contributed by atoms with Crippen LogP contribution in [-0.4, -0.2) is 16.9 Å². The maximum absolute atomic E-state index is 5.62. The van der Waals surface area contributed by atoms with Crippen molar-refractivity contribution in [2.75, 3.05) is 7.11 Å². The highest BCUT2D eigenvalue weighted by molar-refractivity contribution is 9.10. The highest BCUT2D eigenvalue weighted by Gasteiger charge is 2.16. The molecular weight excluding hydrogens is 296 g/mol. The van der Waals surface area contributed by atoms with Gasteiger partial charge in [-0.2, -0.15) is 5.10 Å². The molecule has 6 heteroatoms. The summed E-state index contributed by atoms with van der Waals surface area (Å²) in [5, 5.41) is 4.36. The van der Waals surface area contributed by atoms with E-state index in [2.05, 4.69) is 26.5 Å². The summed E-state index contributed by atoms with van der Waals surface area (Å²) in [6, 6.07) is 7.62. The smallest absolute Gasteiger partial charge is 0.133 e. The molecule has 18 heavy (non-hydrogen) atoms. The number of halogens is 1. The summed E-state index contributed by atoms with van der Waals surface area (Å²) >= 11 is 3.46. The summed E-state index contributed by atoms with van der Waals surface area (Å²) < 4.78 is 7.84. The van der Waals surface area contributed by atoms with E-state index < -0.39 is 0 Å². The molecule has 1 atom stereocenters. The van der Waals surface area contributed by atoms with Gasteiger partial charge in [0.25, 0.3) is 0 Å². The summed E-state index contributed by atoms with van der Waals surface area (Å²) in [4.78, 5) is 0. The number of hydrazine groups is 1. The number of benzene rings is 1. The standard InChI is InChI=1S/C12H15BrN4O/c1-17-6-5-10(16-17)12(15-14)8-3-4-11(18-2)9(13)7-8/h3-7,12,15H,14H2,1-2H3. The van der Waals surface area contributed by atoms with E-state index in [1.165, 1.54) is 0 Å². The third-order valence-corrected chi connectivity index (χ3v) is 3.33. The molecule has 0 spiro atoms. The fourth-order valence-electron chi connectivity index (χ4n) is 1.80. The highest BCUT2D eigenvalue weighted by atomic mass is 79.9. The monoisotopic (exact) mass is 310 g/mol. The maximum Gasteiger partial charge on any atom is 0.133 e. The molecule has 0 saturated heterocycles. The molecule has 0 saturated carbocycles. The third kappa shape index (κ3) is 2.55. The molecule has 96 valence electrons. The van der Waals surface area contributed by atoms with E-state index in [9.17, 15) is 0 Å². The predicted octanol–water partition coefficient (Wildman–Crippen LogP) is 1.74. The van der Waals surface area contributed by atoms with Gasteiger partial charge in [-0.1, -0.05) is 6.07 Å². The minimum atomic E-state index is -0.145. The number of aryl methyl sites for hydroxylation is 1. The molecule has 5 nitrogen and oxygen atoms in total. The lowest BCUT2D eigenvalue weighted by Gasteiger charge is -2.15. The van der Waals surface area contributed by atoms with Gasteiger partial charge in [0.1, 0.15) is 5.75 Å². The molecule has 0 radical (unpaired) electrons. The zero-order valence-electron chi connectivity index (χ0n) is 10.2. The zero-order chi connectivity index (χ0) is 13.1. The number of hydrogen-bond donors (Lipinski definition) is 2. The SMILES string of the molecule is COc1ccc(C(NN)c2ccn(C)n2)cc1Br. The quantitative estimate of drug-likeness (QED) is 0.667. The van der Waals surface area contributed by atoms with Crippen molar-refractivity contribution >= 4 is 15.9 Å². The summed E-state index contributed by atoms with van der Waals surface area (Å²) in [6.07, 6.45) is 1.89. The normalized spacial score (nSPS) is 12.4. The van der Waals surface area contributed by atoms with Crippen LogP contribution in [0, 0.1) is 0 Å². The molecule has 3 N–H and O–H groups in total. The van der Waals surface area contributed by atoms with Gasteiger partial charge in [-0.3, -0.25) is 10.5 Å². The van der Waals surface area contributed by atoms with E-state index in [1.807, 2.05) is 37.5 Å². The zero-order valence-corrected chi connectivity index (χ0v) is 11.8. The summed E-state index contributed by atoms with van der Waals surface area (Å²) in [7, 11) is 3.51. The van der Waals surface area contributed by atoms with E-state index in [0.29, 0.717) is 0 Å². The van der Waals surface area contributed by atoms with Crippen LogP contribution in [0.25, 0.3) is 0 Å². The van der Waals surface area contributed by atoms with E-state index >= 15 is 0 Å². The van der Waals surface area contributed by atoms with E-state index in [0.717, 1.165) is 21.5 Å². The Bertz CT molecular complexity index is 541. The van der Waals surface area contributed by atoms with Crippen LogP contribution in [0.15, 0.2) is 34.9 Å². The van der Waals surface area contributed by atoms with Crippen molar-refractivity contribution in [3.63, 3.8) is 0 Å². The first-order valence-corrected chi connectivity index (χ1v) is 6.24. The Morgan fingerprint density at radius 2 is 2.22 bits per heavy atom. The second kappa shape index (κ2) is 5.51. The van der Waals surface area contributed by atoms with Crippen molar-refractivity contribution in [3.05, 3.63) is 46.2 Å². The van der Waals surface area contributed by atoms with Crippen LogP contribution < -0.4 is 16.0 Å². The van der Waals surface area contributed by atoms with Gasteiger partial charge in [-0.25, -0.2) is 5.43 Å². The predicted molar refractivity (Wildman–Crippen MR) is 73.1 cm³/mol. The average molecular weight is 311 g/mol. The molecule has 0 amide bonds. The lowest BCUT2D eigenvalue weighted by molar-refractivity contribution is 0.411. The van der Waals surface area contributed by atoms with Gasteiger partial charge in [-0.15, -0.1) is 0 Å². The maximum atomic E-state index is 5.62. The Kier molecular flexibility index (Phi) is 4.00. The highest BCUT2D eigenvalue weighted by Crippen LogP contribution is 2.29. The van der Waals surface area contributed by atoms with E-state index in [4.69, 9.17) is 10.6 Å². The summed E-state index contributed by atoms with van der Waals surface area (Å²) in [5.74, 6) is 6.41. The third-order valence-electron chi connectivity index (χ3n) is 2.71. The van der Waals surface area contributed by atoms with Gasteiger partial charge in [0, 0.05) is 13.2 Å². The number of methoxy groups -OCH3 is 1. The molecular formula is C12H15BrN4O. The molecule has 1 aromatic heterocycles. The summed E-state index contributed by atoms with van der Waals surface area (Å²) in [6.45, 7) is 0. The first-order valence-electron chi connectivity index (χ1n) is 5.45. The molecule has 0 aliphatic rings. The lowest BCUT2D eigenvalue weighted by atomic mass is 10.0. The Morgan fingerprint density at radius 1 is 1.44 bits per heavy atom. The number of rotatable bonds is 4. The van der Waals surface area contributed by atoms with Crippen LogP contribution in [0.2, 0.25) is 0 Å². The van der Waals surface area contributed by atoms with Crippen molar-refractivity contribution < 1.29 is 4.74 Å². The van der Waals surface area contributed by atoms with Gasteiger partial charge in [-0.05, 0) is 39.7 Å². The van der Waals surface area contributed by atoms with Gasteiger partial charge in [0.05, 0.1) is 23.3 Å². The lowest BCUT2D eigenvalue weighted by Crippen LogP contribution is -2.29. The minimum Gasteiger partial charge on any atom is -0.496 e. The number of aromatic nitrogens is 2. The van der Waals surface area contributed by atoms with Crippen LogP contribution in [0.4, 0.5) is 0 Å². The Labute approximate surface area is 114 Å². The van der Waals surface area contributed by atoms with Crippen LogP contribution in [0.3, 0.4) is 0 Å². The van der Waals surface area contributed by atoms with Crippen molar-refractivity contribution in [2.24, 2.45) is 12.9 Å². The fraction of sp³-hybridized carbons (Fsp3) is 0.250. The van der Waals surface area contributed by atoms with E-state index in [-0.39, 0.29) is 6.04 Å². The largest absolute Gasteiger partial charge is 0.496 e. The summed E-state index contributed by atoms with van der Waals surface area (Å²) in [5.41, 5.74) is 4.66. The second-order valence-corrected chi connectivity index (χ2v) is 4.76. The van der Waals surface area contributed by atoms with Crippen LogP contribution >= 0.6 is 15.9 Å². The number of nitrogens with two attached hydrogens (primary N) is 1. The minimum absolute atomic E-state index is 0.145. The number of ether oxygens (including phenoxy) is 1. The molecule has 0 bridgehead atoms. The number of hydrogen-bond acceptors (Lipinski definition) is 4. The van der Waals surface area contributed by atoms with Gasteiger partial charge in [0.15, 0.2) is 0 Å². The fourth-order valence-corrected chi connectivity index (χ4v) is 2.36. The first kappa shape index (κ1) is 13.1. The van der Waals surface area contributed by atoms with Crippen molar-refractivity contribution in [2.45, 2.75) is 6.04 Å². The van der Waals surface area contributed by atoms with Crippen molar-refractivity contribution in [1.82, 2.24) is 15.2 Å². The average Bonchev–Trinajstić information content (AvgIpc) is 2.77. The van der Waals surface area contributed by atoms with Gasteiger partial charge < -0.3 is 4.74 Å². The molecule has 0 aliphatic carbocycles. The Morgan fingerprint density at radius 3 is 2.72 bits per heavy atom. The Balaban J connectivity index is 2.36. The molecule has 2 aromatic rings. The first-order chi connectivity index (χ1) is 8.65. The second-order valence-electron chi connectivity index (χ2n) is 3.91. The molecule has 0 fully saturated rings. The van der Waals surface area contributed by atoms with Gasteiger partial charge in [0.2, 0.25) is 0 Å². The topological polar surface area (TPSA) is 65.1 Å². The Hall–Kier alpha value is -1.37. The van der Waals surface area contributed by atoms with Gasteiger partial charge >= 0.3 is 0 Å². The van der Waals surface area contributed by atoms with Crippen LogP contribution in [0.5, 0.6) is 5.75 Å². The number of nitrogens with one attached hydrogen (secondary N) is 1. The van der Waals surface area contributed by atoms with Crippen molar-refractivity contribution in [3.8, 4) is 5.75 Å². The van der Waals surface area contributed by atoms with Crippen molar-refractivity contribution in [1.29, 1.82) is 0 Å². The molecule has 0 aliphatic heterocycles. The number of nitrogens with zero attached hydrogens (tertiary/aromatic N) is 2. The van der Waals surface area contributed by atoms with Crippen LogP contribution in [0.1, 0.15) is 17.3 Å². The molecule has 1 unspecified atom stereocenters. The molecule has 1 aromatic carbocycles. The molecule has 2 rings (SSSR count). The van der Waals surface area contributed by atoms with E-state index in [1.54, 1.807) is 11.8 Å². The molecule has 1 heterocycles. The van der Waals surface area contributed by atoms with Crippen LogP contribution in [-0.2, 0) is 7.05 Å².